The lowest BCUT2D eigenvalue weighted by atomic mass is 9.96. The highest BCUT2D eigenvalue weighted by atomic mass is 16.5. The first-order valence-corrected chi connectivity index (χ1v) is 10.8. The predicted octanol–water partition coefficient (Wildman–Crippen LogP) is 2.69. The third-order valence-electron chi connectivity index (χ3n) is 5.78. The van der Waals surface area contributed by atoms with Gasteiger partial charge in [-0.15, -0.1) is 0 Å². The number of nitrogens with zero attached hydrogens (tertiary/aromatic N) is 1. The molecule has 28 heavy (non-hydrogen) atoms. The van der Waals surface area contributed by atoms with E-state index in [1.165, 1.54) is 18.4 Å². The van der Waals surface area contributed by atoms with Gasteiger partial charge < -0.3 is 10.2 Å². The number of carbonyl (C=O) groups is 3. The molecule has 2 rings (SSSR count). The van der Waals surface area contributed by atoms with Crippen LogP contribution in [0.5, 0.6) is 0 Å². The molecule has 0 unspecified atom stereocenters. The van der Waals surface area contributed by atoms with Gasteiger partial charge in [0.25, 0.3) is 0 Å². The fourth-order valence-electron chi connectivity index (χ4n) is 4.17. The minimum absolute atomic E-state index is 0.0473. The van der Waals surface area contributed by atoms with E-state index in [9.17, 15) is 14.4 Å². The van der Waals surface area contributed by atoms with Crippen LogP contribution in [0, 0.1) is 5.92 Å². The normalized spacial score (nSPS) is 20.4. The third kappa shape index (κ3) is 6.62. The van der Waals surface area contributed by atoms with Crippen LogP contribution in [-0.4, -0.2) is 47.0 Å². The Hall–Kier alpha value is -1.89. The minimum Gasteiger partial charge on any atom is -0.354 e. The van der Waals surface area contributed by atoms with Crippen molar-refractivity contribution in [2.75, 3.05) is 13.1 Å². The molecule has 7 nitrogen and oxygen atoms in total. The summed E-state index contributed by atoms with van der Waals surface area (Å²) >= 11 is 0. The maximum atomic E-state index is 13.0. The smallest absolute Gasteiger partial charge is 0.244 e. The van der Waals surface area contributed by atoms with Gasteiger partial charge in [0.15, 0.2) is 0 Å². The molecule has 2 atom stereocenters. The molecule has 0 spiro atoms. The first-order chi connectivity index (χ1) is 13.6. The fraction of sp³-hybridized carbons (Fsp3) is 0.762. The molecule has 0 radical (unpaired) electrons. The number of hydrogen-bond acceptors (Lipinski definition) is 4. The molecular formula is C21H35N3O4. The summed E-state index contributed by atoms with van der Waals surface area (Å²) in [5.74, 6) is -1.30. The second-order valence-electron chi connectivity index (χ2n) is 7.92. The third-order valence-corrected chi connectivity index (χ3v) is 5.78. The number of rotatable bonds is 10. The van der Waals surface area contributed by atoms with Crippen LogP contribution in [0.2, 0.25) is 0 Å². The second kappa shape index (κ2) is 11.8. The van der Waals surface area contributed by atoms with E-state index in [4.69, 9.17) is 5.21 Å². The van der Waals surface area contributed by atoms with Crippen LogP contribution >= 0.6 is 0 Å². The van der Waals surface area contributed by atoms with Crippen LogP contribution < -0.4 is 10.8 Å². The van der Waals surface area contributed by atoms with Gasteiger partial charge in [-0.2, -0.15) is 0 Å². The topological polar surface area (TPSA) is 98.7 Å². The average Bonchev–Trinajstić information content (AvgIpc) is 3.21. The molecule has 2 aliphatic rings. The van der Waals surface area contributed by atoms with Crippen LogP contribution in [0.1, 0.15) is 77.6 Å². The van der Waals surface area contributed by atoms with Crippen molar-refractivity contribution in [3.63, 3.8) is 0 Å². The number of nitrogens with one attached hydrogen (secondary N) is 2. The molecule has 1 saturated heterocycles. The van der Waals surface area contributed by atoms with E-state index < -0.39 is 17.9 Å². The van der Waals surface area contributed by atoms with Crippen LogP contribution in [0.4, 0.5) is 0 Å². The van der Waals surface area contributed by atoms with Crippen molar-refractivity contribution in [3.8, 4) is 0 Å². The number of likely N-dealkylation sites (tertiary alicyclic amines) is 1. The van der Waals surface area contributed by atoms with Crippen molar-refractivity contribution in [3.05, 3.63) is 11.6 Å². The van der Waals surface area contributed by atoms with Crippen molar-refractivity contribution in [2.45, 2.75) is 83.6 Å². The highest BCUT2D eigenvalue weighted by molar-refractivity contribution is 5.91. The van der Waals surface area contributed by atoms with Crippen molar-refractivity contribution in [1.29, 1.82) is 0 Å². The summed E-state index contributed by atoms with van der Waals surface area (Å²) in [6.07, 6.45) is 11.6. The lowest BCUT2D eigenvalue weighted by molar-refractivity contribution is -0.144. The Morgan fingerprint density at radius 2 is 2.11 bits per heavy atom. The monoisotopic (exact) mass is 393 g/mol. The number of amides is 3. The van der Waals surface area contributed by atoms with Crippen LogP contribution in [0.15, 0.2) is 11.6 Å². The summed E-state index contributed by atoms with van der Waals surface area (Å²) in [6, 6.07) is -0.450. The van der Waals surface area contributed by atoms with Crippen molar-refractivity contribution < 1.29 is 19.6 Å². The Kier molecular flexibility index (Phi) is 9.47. The van der Waals surface area contributed by atoms with E-state index in [0.717, 1.165) is 38.5 Å². The van der Waals surface area contributed by atoms with E-state index in [1.54, 1.807) is 10.4 Å². The molecule has 1 fully saturated rings. The highest BCUT2D eigenvalue weighted by Crippen LogP contribution is 2.24. The Morgan fingerprint density at radius 1 is 1.29 bits per heavy atom. The summed E-state index contributed by atoms with van der Waals surface area (Å²) < 4.78 is 0. The van der Waals surface area contributed by atoms with Crippen LogP contribution in [0.3, 0.4) is 0 Å². The molecule has 1 heterocycles. The summed E-state index contributed by atoms with van der Waals surface area (Å²) in [5.41, 5.74) is 3.03. The first-order valence-electron chi connectivity index (χ1n) is 10.8. The van der Waals surface area contributed by atoms with Crippen LogP contribution in [0.25, 0.3) is 0 Å². The lowest BCUT2D eigenvalue weighted by Gasteiger charge is -2.28. The zero-order chi connectivity index (χ0) is 20.4. The standard InChI is InChI=1S/C21H35N3O4/c1-2-3-10-17(15-19(25)23-28)21(27)24-14-7-11-18(24)20(26)22-13-12-16-8-5-4-6-9-16/h8,17-18,28H,2-7,9-15H2,1H3,(H,22,26)(H,23,25)/t17-,18+/m1/s1. The summed E-state index contributed by atoms with van der Waals surface area (Å²) in [4.78, 5) is 38.9. The van der Waals surface area contributed by atoms with E-state index >= 15 is 0 Å². The molecule has 0 bridgehead atoms. The van der Waals surface area contributed by atoms with Gasteiger partial charge in [0.05, 0.1) is 0 Å². The van der Waals surface area contributed by atoms with E-state index in [2.05, 4.69) is 11.4 Å². The Morgan fingerprint density at radius 3 is 2.79 bits per heavy atom. The fourth-order valence-corrected chi connectivity index (χ4v) is 4.17. The van der Waals surface area contributed by atoms with Crippen LogP contribution in [-0.2, 0) is 14.4 Å². The van der Waals surface area contributed by atoms with E-state index in [-0.39, 0.29) is 18.2 Å². The molecule has 158 valence electrons. The van der Waals surface area contributed by atoms with Crippen molar-refractivity contribution >= 4 is 17.7 Å². The van der Waals surface area contributed by atoms with Gasteiger partial charge in [0, 0.05) is 25.4 Å². The molecule has 3 N–H and O–H groups in total. The number of carbonyl (C=O) groups excluding carboxylic acids is 3. The van der Waals surface area contributed by atoms with Crippen molar-refractivity contribution in [2.24, 2.45) is 5.92 Å². The maximum absolute atomic E-state index is 13.0. The van der Waals surface area contributed by atoms with Gasteiger partial charge in [-0.1, -0.05) is 31.4 Å². The minimum atomic E-state index is -0.560. The first kappa shape index (κ1) is 22.4. The van der Waals surface area contributed by atoms with E-state index in [1.807, 2.05) is 6.92 Å². The van der Waals surface area contributed by atoms with Gasteiger partial charge in [0.1, 0.15) is 6.04 Å². The quantitative estimate of drug-likeness (QED) is 0.302. The lowest BCUT2D eigenvalue weighted by Crippen LogP contribution is -2.48. The molecule has 0 aromatic heterocycles. The Labute approximate surface area is 167 Å². The van der Waals surface area contributed by atoms with Crippen molar-refractivity contribution in [1.82, 2.24) is 15.7 Å². The molecule has 1 aliphatic heterocycles. The Bertz CT molecular complexity index is 576. The number of allylic oxidation sites excluding steroid dienone is 1. The van der Waals surface area contributed by atoms with E-state index in [0.29, 0.717) is 25.9 Å². The van der Waals surface area contributed by atoms with Gasteiger partial charge >= 0.3 is 0 Å². The Balaban J connectivity index is 1.90. The molecule has 1 aliphatic carbocycles. The maximum Gasteiger partial charge on any atom is 0.244 e. The van der Waals surface area contributed by atoms with Gasteiger partial charge in [-0.05, 0) is 51.4 Å². The zero-order valence-corrected chi connectivity index (χ0v) is 17.0. The predicted molar refractivity (Wildman–Crippen MR) is 106 cm³/mol. The number of hydrogen-bond donors (Lipinski definition) is 3. The molecule has 7 heteroatoms. The summed E-state index contributed by atoms with van der Waals surface area (Å²) in [6.45, 7) is 3.18. The van der Waals surface area contributed by atoms with Gasteiger partial charge in [-0.3, -0.25) is 19.6 Å². The molecule has 0 saturated carbocycles. The van der Waals surface area contributed by atoms with Gasteiger partial charge in [0.2, 0.25) is 17.7 Å². The number of unbranched alkanes of at least 4 members (excludes halogenated alkanes) is 1. The SMILES string of the molecule is CCCC[C@H](CC(=O)NO)C(=O)N1CCC[C@H]1C(=O)NCCC1=CCCCC1. The number of hydroxylamine groups is 1. The highest BCUT2D eigenvalue weighted by Gasteiger charge is 2.37. The molecular weight excluding hydrogens is 358 g/mol. The summed E-state index contributed by atoms with van der Waals surface area (Å²) in [7, 11) is 0. The zero-order valence-electron chi connectivity index (χ0n) is 17.0. The second-order valence-corrected chi connectivity index (χ2v) is 7.92. The summed E-state index contributed by atoms with van der Waals surface area (Å²) in [5, 5.41) is 11.8. The molecule has 0 aromatic rings. The molecule has 3 amide bonds. The largest absolute Gasteiger partial charge is 0.354 e. The van der Waals surface area contributed by atoms with Gasteiger partial charge in [-0.25, -0.2) is 5.48 Å². The average molecular weight is 394 g/mol. The molecule has 0 aromatic carbocycles.